The van der Waals surface area contributed by atoms with Crippen molar-refractivity contribution in [2.45, 2.75) is 24.9 Å². The monoisotopic (exact) mass is 445 g/mol. The van der Waals surface area contributed by atoms with Crippen LogP contribution in [0, 0.1) is 0 Å². The highest BCUT2D eigenvalue weighted by Gasteiger charge is 2.30. The molecule has 4 rings (SSSR count). The van der Waals surface area contributed by atoms with Crippen LogP contribution >= 0.6 is 0 Å². The highest BCUT2D eigenvalue weighted by Crippen LogP contribution is 2.44. The van der Waals surface area contributed by atoms with E-state index in [0.29, 0.717) is 0 Å². The summed E-state index contributed by atoms with van der Waals surface area (Å²) in [5.41, 5.74) is 5.11. The minimum Gasteiger partial charge on any atom is -0.481 e. The maximum atomic E-state index is 12.5. The molecule has 3 aromatic rings. The molecule has 1 aliphatic carbocycles. The lowest BCUT2D eigenvalue weighted by Crippen LogP contribution is -2.48. The highest BCUT2D eigenvalue weighted by molar-refractivity contribution is 5.89. The maximum Gasteiger partial charge on any atom is 0.407 e. The van der Waals surface area contributed by atoms with Crippen LogP contribution in [0.25, 0.3) is 11.1 Å². The Kier molecular flexibility index (Phi) is 6.64. The lowest BCUT2D eigenvalue weighted by Gasteiger charge is -2.18. The molecule has 1 aliphatic rings. The van der Waals surface area contributed by atoms with Gasteiger partial charge in [0.15, 0.2) is 0 Å². The van der Waals surface area contributed by atoms with Crippen LogP contribution in [-0.4, -0.2) is 40.7 Å². The lowest BCUT2D eigenvalue weighted by molar-refractivity contribution is -0.139. The Bertz CT molecular complexity index is 1120. The van der Waals surface area contributed by atoms with Crippen LogP contribution in [0.2, 0.25) is 0 Å². The summed E-state index contributed by atoms with van der Waals surface area (Å²) in [6.07, 6.45) is 1.77. The number of benzene rings is 2. The molecule has 0 aliphatic heterocycles. The van der Waals surface area contributed by atoms with Gasteiger partial charge in [-0.25, -0.2) is 4.79 Å². The third kappa shape index (κ3) is 5.17. The molecule has 3 N–H and O–H groups in total. The van der Waals surface area contributed by atoms with Crippen molar-refractivity contribution in [2.24, 2.45) is 0 Å². The van der Waals surface area contributed by atoms with Crippen LogP contribution in [0.4, 0.5) is 4.79 Å². The van der Waals surface area contributed by atoms with Gasteiger partial charge < -0.3 is 20.5 Å². The van der Waals surface area contributed by atoms with E-state index in [9.17, 15) is 19.5 Å². The Hall–Kier alpha value is -4.20. The largest absolute Gasteiger partial charge is 0.481 e. The Morgan fingerprint density at radius 1 is 0.939 bits per heavy atom. The number of fused-ring (bicyclic) bond motifs is 3. The average Bonchev–Trinajstić information content (AvgIpc) is 3.15. The number of rotatable bonds is 8. The number of ether oxygens (including phenoxy) is 1. The number of alkyl carbamates (subject to hydrolysis) is 1. The number of carbonyl (C=O) groups is 3. The molecule has 0 fully saturated rings. The molecule has 0 saturated heterocycles. The molecule has 2 aromatic carbocycles. The van der Waals surface area contributed by atoms with Crippen LogP contribution in [0.5, 0.6) is 0 Å². The zero-order chi connectivity index (χ0) is 23.2. The number of hydrogen-bond donors (Lipinski definition) is 3. The van der Waals surface area contributed by atoms with E-state index in [4.69, 9.17) is 4.74 Å². The van der Waals surface area contributed by atoms with Crippen molar-refractivity contribution in [3.05, 3.63) is 89.7 Å². The number of aliphatic carboxylic acids is 1. The third-order valence-corrected chi connectivity index (χ3v) is 5.55. The molecular weight excluding hydrogens is 422 g/mol. The fourth-order valence-corrected chi connectivity index (χ4v) is 3.98. The van der Waals surface area contributed by atoms with Gasteiger partial charge in [0.25, 0.3) is 0 Å². The van der Waals surface area contributed by atoms with Crippen molar-refractivity contribution in [3.8, 4) is 11.1 Å². The summed E-state index contributed by atoms with van der Waals surface area (Å²) in [5.74, 6) is -1.96. The Balaban J connectivity index is 1.39. The molecule has 8 heteroatoms. The molecule has 2 amide bonds. The van der Waals surface area contributed by atoms with Gasteiger partial charge in [-0.3, -0.25) is 14.6 Å². The van der Waals surface area contributed by atoms with Gasteiger partial charge in [0.2, 0.25) is 5.91 Å². The second kappa shape index (κ2) is 9.95. The van der Waals surface area contributed by atoms with Crippen molar-refractivity contribution >= 4 is 18.0 Å². The first-order valence-electron chi connectivity index (χ1n) is 10.5. The quantitative estimate of drug-likeness (QED) is 0.491. The Labute approximate surface area is 190 Å². The number of nitrogens with one attached hydrogen (secondary N) is 2. The molecule has 1 aromatic heterocycles. The number of aromatic nitrogens is 1. The van der Waals surface area contributed by atoms with E-state index in [1.807, 2.05) is 48.5 Å². The first-order valence-corrected chi connectivity index (χ1v) is 10.5. The molecule has 1 atom stereocenters. The van der Waals surface area contributed by atoms with Crippen LogP contribution in [-0.2, 0) is 20.9 Å². The van der Waals surface area contributed by atoms with Crippen molar-refractivity contribution in [1.82, 2.24) is 15.6 Å². The van der Waals surface area contributed by atoms with E-state index in [2.05, 4.69) is 15.6 Å². The van der Waals surface area contributed by atoms with Gasteiger partial charge in [-0.05, 0) is 39.9 Å². The summed E-state index contributed by atoms with van der Waals surface area (Å²) in [4.78, 5) is 40.1. The number of carbonyl (C=O) groups excluding carboxylic acids is 2. The average molecular weight is 445 g/mol. The lowest BCUT2D eigenvalue weighted by atomic mass is 9.98. The Morgan fingerprint density at radius 3 is 2.15 bits per heavy atom. The summed E-state index contributed by atoms with van der Waals surface area (Å²) < 4.78 is 5.43. The van der Waals surface area contributed by atoms with E-state index < -0.39 is 30.4 Å². The molecule has 0 saturated carbocycles. The van der Waals surface area contributed by atoms with E-state index in [0.717, 1.165) is 27.8 Å². The second-order valence-electron chi connectivity index (χ2n) is 7.69. The van der Waals surface area contributed by atoms with Crippen molar-refractivity contribution in [3.63, 3.8) is 0 Å². The first kappa shape index (κ1) is 22.0. The fraction of sp³-hybridized carbons (Fsp3) is 0.200. The van der Waals surface area contributed by atoms with Crippen LogP contribution in [0.15, 0.2) is 73.1 Å². The first-order chi connectivity index (χ1) is 16.0. The maximum absolute atomic E-state index is 12.5. The highest BCUT2D eigenvalue weighted by atomic mass is 16.5. The Morgan fingerprint density at radius 2 is 1.55 bits per heavy atom. The van der Waals surface area contributed by atoms with E-state index in [1.165, 1.54) is 0 Å². The number of pyridine rings is 1. The zero-order valence-electron chi connectivity index (χ0n) is 17.7. The number of carboxylic acid groups (broad SMARTS) is 1. The summed E-state index contributed by atoms with van der Waals surface area (Å²) >= 11 is 0. The van der Waals surface area contributed by atoms with Gasteiger partial charge in [0.1, 0.15) is 12.6 Å². The molecular formula is C25H23N3O5. The summed E-state index contributed by atoms with van der Waals surface area (Å²) in [7, 11) is 0. The molecule has 0 spiro atoms. The SMILES string of the molecule is O=C(O)CC(NC(=O)OCC1c2ccccc2-c2ccccc21)C(=O)NCc1ccncc1. The van der Waals surface area contributed by atoms with Gasteiger partial charge in [0.05, 0.1) is 6.42 Å². The number of carboxylic acids is 1. The van der Waals surface area contributed by atoms with Crippen molar-refractivity contribution in [2.75, 3.05) is 6.61 Å². The molecule has 1 unspecified atom stereocenters. The molecule has 33 heavy (non-hydrogen) atoms. The zero-order valence-corrected chi connectivity index (χ0v) is 17.7. The fourth-order valence-electron chi connectivity index (χ4n) is 3.98. The normalized spacial score (nSPS) is 12.8. The minimum absolute atomic E-state index is 0.0677. The van der Waals surface area contributed by atoms with Crippen molar-refractivity contribution < 1.29 is 24.2 Å². The van der Waals surface area contributed by atoms with E-state index >= 15 is 0 Å². The molecule has 0 radical (unpaired) electrons. The standard InChI is InChI=1S/C25H23N3O5/c29-23(30)13-22(24(31)27-14-16-9-11-26-12-10-16)28-25(32)33-15-21-19-7-3-1-5-17(19)18-6-2-4-8-20(18)21/h1-12,21-22H,13-15H2,(H,27,31)(H,28,32)(H,29,30). The van der Waals surface area contributed by atoms with Crippen LogP contribution in [0.1, 0.15) is 29.0 Å². The van der Waals surface area contributed by atoms with Gasteiger partial charge in [-0.1, -0.05) is 48.5 Å². The van der Waals surface area contributed by atoms with E-state index in [1.54, 1.807) is 24.5 Å². The minimum atomic E-state index is -1.26. The molecule has 1 heterocycles. The number of nitrogens with zero attached hydrogens (tertiary/aromatic N) is 1. The summed E-state index contributed by atoms with van der Waals surface area (Å²) in [6.45, 7) is 0.252. The summed E-state index contributed by atoms with van der Waals surface area (Å²) in [6, 6.07) is 18.1. The van der Waals surface area contributed by atoms with E-state index in [-0.39, 0.29) is 19.1 Å². The van der Waals surface area contributed by atoms with Gasteiger partial charge in [-0.2, -0.15) is 0 Å². The van der Waals surface area contributed by atoms with Crippen molar-refractivity contribution in [1.29, 1.82) is 0 Å². The number of hydrogen-bond acceptors (Lipinski definition) is 5. The topological polar surface area (TPSA) is 118 Å². The van der Waals surface area contributed by atoms with Gasteiger partial charge >= 0.3 is 12.1 Å². The summed E-state index contributed by atoms with van der Waals surface area (Å²) in [5, 5.41) is 14.2. The molecule has 168 valence electrons. The van der Waals surface area contributed by atoms with Crippen LogP contribution < -0.4 is 10.6 Å². The second-order valence-corrected chi connectivity index (χ2v) is 7.69. The van der Waals surface area contributed by atoms with Gasteiger partial charge in [0, 0.05) is 24.9 Å². The predicted molar refractivity (Wildman–Crippen MR) is 120 cm³/mol. The predicted octanol–water partition coefficient (Wildman–Crippen LogP) is 3.08. The smallest absolute Gasteiger partial charge is 0.407 e. The number of amides is 2. The molecule has 8 nitrogen and oxygen atoms in total. The van der Waals surface area contributed by atoms with Crippen LogP contribution in [0.3, 0.4) is 0 Å². The third-order valence-electron chi connectivity index (χ3n) is 5.55. The van der Waals surface area contributed by atoms with Gasteiger partial charge in [-0.15, -0.1) is 0 Å². The molecule has 0 bridgehead atoms.